The van der Waals surface area contributed by atoms with E-state index >= 15 is 0 Å². The van der Waals surface area contributed by atoms with Crippen molar-refractivity contribution in [3.05, 3.63) is 34.9 Å². The van der Waals surface area contributed by atoms with Crippen molar-refractivity contribution in [2.75, 3.05) is 13.1 Å². The molecule has 1 fully saturated rings. The number of halogens is 1. The van der Waals surface area contributed by atoms with Crippen molar-refractivity contribution in [2.24, 2.45) is 4.99 Å². The van der Waals surface area contributed by atoms with E-state index in [4.69, 9.17) is 9.47 Å². The van der Waals surface area contributed by atoms with E-state index in [1.165, 1.54) is 4.90 Å². The first kappa shape index (κ1) is 26.2. The lowest BCUT2D eigenvalue weighted by molar-refractivity contribution is -0.0106. The van der Waals surface area contributed by atoms with Gasteiger partial charge in [0.1, 0.15) is 23.5 Å². The molecule has 1 saturated heterocycles. The van der Waals surface area contributed by atoms with Gasteiger partial charge in [-0.1, -0.05) is 19.4 Å². The molecule has 1 aliphatic heterocycles. The van der Waals surface area contributed by atoms with Gasteiger partial charge >= 0.3 is 6.09 Å². The van der Waals surface area contributed by atoms with Gasteiger partial charge in [0.05, 0.1) is 17.8 Å². The molecule has 0 aromatic heterocycles. The molecule has 6 nitrogen and oxygen atoms in total. The SMILES string of the molecule is C=NC(=C(C)C)c1ccc(OC2CCN(C(=O)OC(C)(C)C)CC2F)c(C#N)c1.CC. The molecule has 0 N–H and O–H groups in total. The highest BCUT2D eigenvalue weighted by atomic mass is 19.1. The highest BCUT2D eigenvalue weighted by Gasteiger charge is 2.35. The van der Waals surface area contributed by atoms with E-state index in [1.807, 2.05) is 27.7 Å². The summed E-state index contributed by atoms with van der Waals surface area (Å²) >= 11 is 0. The summed E-state index contributed by atoms with van der Waals surface area (Å²) in [6, 6.07) is 7.18. The van der Waals surface area contributed by atoms with Crippen LogP contribution in [-0.2, 0) is 4.74 Å². The van der Waals surface area contributed by atoms with Crippen LogP contribution in [0.2, 0.25) is 0 Å². The number of aliphatic imine (C=N–C) groups is 1. The van der Waals surface area contributed by atoms with E-state index in [9.17, 15) is 14.4 Å². The molecule has 1 aromatic rings. The molecule has 2 atom stereocenters. The Bertz CT molecular complexity index is 849. The number of nitriles is 1. The zero-order valence-electron chi connectivity index (χ0n) is 19.7. The number of nitrogens with zero attached hydrogens (tertiary/aromatic N) is 3. The molecule has 0 spiro atoms. The topological polar surface area (TPSA) is 74.9 Å². The van der Waals surface area contributed by atoms with Gasteiger partial charge in [0, 0.05) is 18.5 Å². The lowest BCUT2D eigenvalue weighted by atomic mass is 10.0. The average molecular weight is 432 g/mol. The minimum absolute atomic E-state index is 0.109. The van der Waals surface area contributed by atoms with Gasteiger partial charge < -0.3 is 14.4 Å². The molecular weight excluding hydrogens is 397 g/mol. The van der Waals surface area contributed by atoms with Crippen LogP contribution in [0.4, 0.5) is 9.18 Å². The summed E-state index contributed by atoms with van der Waals surface area (Å²) in [6.07, 6.45) is -2.36. The fourth-order valence-corrected chi connectivity index (χ4v) is 3.08. The van der Waals surface area contributed by atoms with Gasteiger partial charge in [-0.15, -0.1) is 0 Å². The highest BCUT2D eigenvalue weighted by Crippen LogP contribution is 2.29. The molecule has 170 valence electrons. The van der Waals surface area contributed by atoms with E-state index in [-0.39, 0.29) is 6.54 Å². The second-order valence-electron chi connectivity index (χ2n) is 8.22. The predicted octanol–water partition coefficient (Wildman–Crippen LogP) is 5.76. The zero-order valence-corrected chi connectivity index (χ0v) is 19.7. The minimum atomic E-state index is -1.38. The summed E-state index contributed by atoms with van der Waals surface area (Å²) in [7, 11) is 0. The summed E-state index contributed by atoms with van der Waals surface area (Å²) in [4.78, 5) is 17.5. The predicted molar refractivity (Wildman–Crippen MR) is 122 cm³/mol. The van der Waals surface area contributed by atoms with Crippen LogP contribution in [0, 0.1) is 11.3 Å². The van der Waals surface area contributed by atoms with E-state index in [0.717, 1.165) is 11.1 Å². The maximum absolute atomic E-state index is 14.7. The number of hydrogen-bond donors (Lipinski definition) is 0. The van der Waals surface area contributed by atoms with Gasteiger partial charge in [-0.05, 0) is 59.5 Å². The Morgan fingerprint density at radius 1 is 1.32 bits per heavy atom. The molecule has 0 bridgehead atoms. The first-order valence-electron chi connectivity index (χ1n) is 10.5. The number of alkyl halides is 1. The van der Waals surface area contributed by atoms with Crippen molar-refractivity contribution < 1.29 is 18.7 Å². The fraction of sp³-hybridized carbons (Fsp3) is 0.542. The molecule has 1 aliphatic rings. The quantitative estimate of drug-likeness (QED) is 0.568. The normalized spacial score (nSPS) is 18.1. The van der Waals surface area contributed by atoms with E-state index < -0.39 is 24.0 Å². The number of benzene rings is 1. The Morgan fingerprint density at radius 2 is 1.97 bits per heavy atom. The van der Waals surface area contributed by atoms with Crippen molar-refractivity contribution in [1.29, 1.82) is 5.26 Å². The molecule has 7 heteroatoms. The smallest absolute Gasteiger partial charge is 0.410 e. The number of likely N-dealkylation sites (tertiary alicyclic amines) is 1. The number of carbonyl (C=O) groups excluding carboxylic acids is 1. The Labute approximate surface area is 185 Å². The molecule has 2 unspecified atom stereocenters. The molecule has 1 aromatic carbocycles. The summed E-state index contributed by atoms with van der Waals surface area (Å²) in [5.41, 5.74) is 2.08. The molecule has 0 radical (unpaired) electrons. The zero-order chi connectivity index (χ0) is 23.8. The lowest BCUT2D eigenvalue weighted by Gasteiger charge is -2.35. The minimum Gasteiger partial charge on any atom is -0.486 e. The van der Waals surface area contributed by atoms with E-state index in [2.05, 4.69) is 17.8 Å². The van der Waals surface area contributed by atoms with Gasteiger partial charge in [0.15, 0.2) is 6.17 Å². The van der Waals surface area contributed by atoms with Crippen LogP contribution >= 0.6 is 0 Å². The van der Waals surface area contributed by atoms with E-state index in [1.54, 1.807) is 39.0 Å². The maximum atomic E-state index is 14.7. The Kier molecular flexibility index (Phi) is 9.70. The standard InChI is InChI=1S/C22H28FN3O3.C2H6/c1-14(2)20(25-6)15-7-8-18(16(11-15)12-24)28-19-9-10-26(13-17(19)23)21(27)29-22(3,4)5;1-2/h7-8,11,17,19H,6,9-10,13H2,1-5H3;1-2H3. The van der Waals surface area contributed by atoms with Crippen LogP contribution in [0.1, 0.15) is 66.0 Å². The summed E-state index contributed by atoms with van der Waals surface area (Å²) in [6.45, 7) is 16.9. The van der Waals surface area contributed by atoms with Crippen molar-refractivity contribution in [1.82, 2.24) is 4.90 Å². The Balaban J connectivity index is 0.00000233. The number of hydrogen-bond acceptors (Lipinski definition) is 5. The molecule has 31 heavy (non-hydrogen) atoms. The van der Waals surface area contributed by atoms with Crippen LogP contribution in [0.25, 0.3) is 5.70 Å². The van der Waals surface area contributed by atoms with Crippen molar-refractivity contribution >= 4 is 18.5 Å². The van der Waals surface area contributed by atoms with Gasteiger partial charge in [-0.25, -0.2) is 9.18 Å². The van der Waals surface area contributed by atoms with Gasteiger partial charge in [-0.2, -0.15) is 5.26 Å². The van der Waals surface area contributed by atoms with Crippen LogP contribution in [0.15, 0.2) is 28.8 Å². The number of amides is 1. The van der Waals surface area contributed by atoms with Crippen molar-refractivity contribution in [2.45, 2.75) is 72.8 Å². The number of ether oxygens (including phenoxy) is 2. The van der Waals surface area contributed by atoms with Crippen molar-refractivity contribution in [3.8, 4) is 11.8 Å². The van der Waals surface area contributed by atoms with Crippen molar-refractivity contribution in [3.63, 3.8) is 0 Å². The number of allylic oxidation sites excluding steroid dienone is 1. The van der Waals surface area contributed by atoms with Crippen LogP contribution < -0.4 is 4.74 Å². The Morgan fingerprint density at radius 3 is 2.45 bits per heavy atom. The third-order valence-electron chi connectivity index (χ3n) is 4.42. The molecule has 1 amide bonds. The summed E-state index contributed by atoms with van der Waals surface area (Å²) < 4.78 is 25.8. The van der Waals surface area contributed by atoms with Gasteiger partial charge in [0.25, 0.3) is 0 Å². The first-order chi connectivity index (χ1) is 14.6. The highest BCUT2D eigenvalue weighted by molar-refractivity contribution is 5.72. The number of piperidine rings is 1. The third kappa shape index (κ3) is 7.39. The summed E-state index contributed by atoms with van der Waals surface area (Å²) in [5.74, 6) is 0.312. The molecule has 0 saturated carbocycles. The van der Waals surface area contributed by atoms with Gasteiger partial charge in [-0.3, -0.25) is 4.99 Å². The monoisotopic (exact) mass is 431 g/mol. The van der Waals surface area contributed by atoms with Crippen LogP contribution in [0.5, 0.6) is 5.75 Å². The second kappa shape index (κ2) is 11.5. The molecule has 0 aliphatic carbocycles. The van der Waals surface area contributed by atoms with Gasteiger partial charge in [0.2, 0.25) is 0 Å². The maximum Gasteiger partial charge on any atom is 0.410 e. The largest absolute Gasteiger partial charge is 0.486 e. The lowest BCUT2D eigenvalue weighted by Crippen LogP contribution is -2.50. The molecule has 2 rings (SSSR count). The number of rotatable bonds is 4. The average Bonchev–Trinajstić information content (AvgIpc) is 2.70. The van der Waals surface area contributed by atoms with E-state index in [0.29, 0.717) is 30.0 Å². The number of carbonyl (C=O) groups is 1. The van der Waals surface area contributed by atoms with Crippen LogP contribution in [0.3, 0.4) is 0 Å². The Hall–Kier alpha value is -2.88. The molecular formula is C24H34FN3O3. The third-order valence-corrected chi connectivity index (χ3v) is 4.42. The first-order valence-corrected chi connectivity index (χ1v) is 10.5. The molecule has 1 heterocycles. The summed E-state index contributed by atoms with van der Waals surface area (Å²) in [5, 5.41) is 9.50. The van der Waals surface area contributed by atoms with Crippen LogP contribution in [-0.4, -0.2) is 48.7 Å². The second-order valence-corrected chi connectivity index (χ2v) is 8.22. The fourth-order valence-electron chi connectivity index (χ4n) is 3.08.